The molecule has 0 atom stereocenters. The van der Waals surface area contributed by atoms with E-state index in [0.29, 0.717) is 20.7 Å². The molecule has 2 aromatic carbocycles. The number of hydrogen-bond acceptors (Lipinski definition) is 5. The van der Waals surface area contributed by atoms with Gasteiger partial charge in [-0.3, -0.25) is 10.1 Å². The fourth-order valence-electron chi connectivity index (χ4n) is 2.67. The number of hydrogen-bond donors (Lipinski definition) is 0. The summed E-state index contributed by atoms with van der Waals surface area (Å²) < 4.78 is 44.3. The van der Waals surface area contributed by atoms with E-state index in [-0.39, 0.29) is 17.0 Å². The van der Waals surface area contributed by atoms with Crippen LogP contribution in [0.3, 0.4) is 0 Å². The van der Waals surface area contributed by atoms with Gasteiger partial charge in [0.2, 0.25) is 0 Å². The number of ether oxygens (including phenoxy) is 1. The normalized spacial score (nSPS) is 11.6. The quantitative estimate of drug-likeness (QED) is 0.424. The fraction of sp³-hybridized carbons (Fsp3) is 0.167. The highest BCUT2D eigenvalue weighted by molar-refractivity contribution is 7.99. The number of pyridine rings is 1. The molecule has 0 unspecified atom stereocenters. The van der Waals surface area contributed by atoms with Crippen molar-refractivity contribution in [3.63, 3.8) is 0 Å². The Bertz CT molecular complexity index is 1040. The summed E-state index contributed by atoms with van der Waals surface area (Å²) in [4.78, 5) is 15.8. The molecule has 0 fully saturated rings. The Morgan fingerprint density at radius 2 is 1.96 bits per heavy atom. The number of halogens is 3. The molecule has 27 heavy (non-hydrogen) atoms. The molecule has 0 aliphatic heterocycles. The first kappa shape index (κ1) is 19.0. The van der Waals surface area contributed by atoms with Crippen molar-refractivity contribution in [3.05, 3.63) is 63.8 Å². The highest BCUT2D eigenvalue weighted by Crippen LogP contribution is 2.45. The zero-order valence-corrected chi connectivity index (χ0v) is 15.0. The average molecular weight is 394 g/mol. The number of aromatic nitrogens is 1. The van der Waals surface area contributed by atoms with Crippen LogP contribution in [0.2, 0.25) is 0 Å². The van der Waals surface area contributed by atoms with Crippen molar-refractivity contribution in [2.45, 2.75) is 22.9 Å². The minimum absolute atomic E-state index is 0.162. The van der Waals surface area contributed by atoms with Crippen molar-refractivity contribution in [3.8, 4) is 5.75 Å². The summed E-state index contributed by atoms with van der Waals surface area (Å²) in [7, 11) is 1.35. The molecule has 0 amide bonds. The average Bonchev–Trinajstić information content (AvgIpc) is 2.61. The molecular formula is C18H13F3N2O3S. The third-order valence-corrected chi connectivity index (χ3v) is 5.02. The zero-order chi connectivity index (χ0) is 19.8. The van der Waals surface area contributed by atoms with Crippen LogP contribution in [0.15, 0.2) is 52.4 Å². The molecule has 0 bridgehead atoms. The van der Waals surface area contributed by atoms with Gasteiger partial charge in [-0.2, -0.15) is 13.2 Å². The van der Waals surface area contributed by atoms with E-state index in [1.807, 2.05) is 0 Å². The largest absolute Gasteiger partial charge is 0.495 e. The van der Waals surface area contributed by atoms with E-state index >= 15 is 0 Å². The van der Waals surface area contributed by atoms with Gasteiger partial charge in [-0.25, -0.2) is 4.98 Å². The fourth-order valence-corrected chi connectivity index (χ4v) is 3.84. The number of alkyl halides is 3. The first-order valence-corrected chi connectivity index (χ1v) is 8.50. The lowest BCUT2D eigenvalue weighted by Gasteiger charge is -2.14. The number of non-ortho nitro benzene ring substituents is 1. The number of rotatable bonds is 4. The summed E-state index contributed by atoms with van der Waals surface area (Å²) in [6.45, 7) is 1.75. The van der Waals surface area contributed by atoms with Crippen LogP contribution in [0.25, 0.3) is 10.9 Å². The van der Waals surface area contributed by atoms with Crippen LogP contribution in [0.5, 0.6) is 5.75 Å². The van der Waals surface area contributed by atoms with Gasteiger partial charge in [0.15, 0.2) is 0 Å². The standard InChI is InChI=1S/C18H13F3N2O3S/c1-10-6-7-22-16-13(23(24)25)9-14(26-2)17(15(10)16)27-12-5-3-4-11(8-12)18(19,20)21/h3-9H,1-2H3. The van der Waals surface area contributed by atoms with Gasteiger partial charge in [-0.15, -0.1) is 0 Å². The van der Waals surface area contributed by atoms with Crippen LogP contribution in [0.4, 0.5) is 18.9 Å². The first-order valence-electron chi connectivity index (χ1n) is 7.68. The molecule has 0 saturated heterocycles. The van der Waals surface area contributed by atoms with Crippen LogP contribution in [-0.4, -0.2) is 17.0 Å². The van der Waals surface area contributed by atoms with Gasteiger partial charge in [0.05, 0.1) is 28.6 Å². The Morgan fingerprint density at radius 3 is 2.59 bits per heavy atom. The summed E-state index contributed by atoms with van der Waals surface area (Å²) in [6, 6.07) is 7.80. The van der Waals surface area contributed by atoms with E-state index in [0.717, 1.165) is 23.9 Å². The number of aryl methyl sites for hydroxylation is 1. The van der Waals surface area contributed by atoms with Crippen LogP contribution in [0.1, 0.15) is 11.1 Å². The second-order valence-corrected chi connectivity index (χ2v) is 6.75. The summed E-state index contributed by atoms with van der Waals surface area (Å²) in [5.74, 6) is 0.202. The van der Waals surface area contributed by atoms with E-state index < -0.39 is 16.7 Å². The highest BCUT2D eigenvalue weighted by Gasteiger charge is 2.31. The summed E-state index contributed by atoms with van der Waals surface area (Å²) in [5, 5.41) is 11.9. The second-order valence-electron chi connectivity index (χ2n) is 5.66. The lowest BCUT2D eigenvalue weighted by Crippen LogP contribution is -2.04. The van der Waals surface area contributed by atoms with Gasteiger partial charge in [0.25, 0.3) is 5.69 Å². The van der Waals surface area contributed by atoms with Crippen molar-refractivity contribution in [2.24, 2.45) is 0 Å². The number of benzene rings is 2. The zero-order valence-electron chi connectivity index (χ0n) is 14.2. The topological polar surface area (TPSA) is 65.3 Å². The van der Waals surface area contributed by atoms with Crippen molar-refractivity contribution in [1.82, 2.24) is 4.98 Å². The number of nitro benzene ring substituents is 1. The van der Waals surface area contributed by atoms with Crippen molar-refractivity contribution < 1.29 is 22.8 Å². The Kier molecular flexibility index (Phi) is 4.97. The minimum atomic E-state index is -4.46. The third kappa shape index (κ3) is 3.68. The predicted molar refractivity (Wildman–Crippen MR) is 95.3 cm³/mol. The molecule has 0 aliphatic rings. The number of nitrogens with zero attached hydrogens (tertiary/aromatic N) is 2. The van der Waals surface area contributed by atoms with E-state index in [9.17, 15) is 23.3 Å². The monoisotopic (exact) mass is 394 g/mol. The second kappa shape index (κ2) is 7.07. The van der Waals surface area contributed by atoms with Crippen LogP contribution in [-0.2, 0) is 6.18 Å². The SMILES string of the molecule is COc1cc([N+](=O)[O-])c2nccc(C)c2c1Sc1cccc(C(F)(F)F)c1. The Hall–Kier alpha value is -2.81. The van der Waals surface area contributed by atoms with Crippen molar-refractivity contribution in [1.29, 1.82) is 0 Å². The van der Waals surface area contributed by atoms with E-state index in [1.165, 1.54) is 31.5 Å². The molecule has 5 nitrogen and oxygen atoms in total. The molecule has 0 N–H and O–H groups in total. The smallest absolute Gasteiger partial charge is 0.416 e. The molecule has 3 aromatic rings. The molecule has 0 saturated carbocycles. The molecule has 140 valence electrons. The van der Waals surface area contributed by atoms with E-state index in [2.05, 4.69) is 4.98 Å². The van der Waals surface area contributed by atoms with Gasteiger partial charge >= 0.3 is 6.18 Å². The van der Waals surface area contributed by atoms with Crippen LogP contribution >= 0.6 is 11.8 Å². The first-order chi connectivity index (χ1) is 12.7. The van der Waals surface area contributed by atoms with Crippen LogP contribution < -0.4 is 4.74 Å². The lowest BCUT2D eigenvalue weighted by atomic mass is 10.1. The van der Waals surface area contributed by atoms with Crippen molar-refractivity contribution in [2.75, 3.05) is 7.11 Å². The molecule has 9 heteroatoms. The van der Waals surface area contributed by atoms with Crippen molar-refractivity contribution >= 4 is 28.4 Å². The molecule has 0 radical (unpaired) electrons. The maximum Gasteiger partial charge on any atom is 0.416 e. The maximum atomic E-state index is 13.0. The molecule has 1 heterocycles. The van der Waals surface area contributed by atoms with Gasteiger partial charge < -0.3 is 4.74 Å². The Labute approximate surface area is 156 Å². The summed E-state index contributed by atoms with van der Waals surface area (Å²) in [6.07, 6.45) is -3.01. The van der Waals surface area contributed by atoms with Gasteiger partial charge in [0.1, 0.15) is 11.3 Å². The predicted octanol–water partition coefficient (Wildman–Crippen LogP) is 5.63. The Morgan fingerprint density at radius 1 is 1.22 bits per heavy atom. The van der Waals surface area contributed by atoms with Crippen LogP contribution in [0, 0.1) is 17.0 Å². The number of methoxy groups -OCH3 is 1. The lowest BCUT2D eigenvalue weighted by molar-refractivity contribution is -0.383. The van der Waals surface area contributed by atoms with Gasteiger partial charge in [-0.1, -0.05) is 17.8 Å². The minimum Gasteiger partial charge on any atom is -0.495 e. The summed E-state index contributed by atoms with van der Waals surface area (Å²) in [5.41, 5.74) is -0.127. The van der Waals surface area contributed by atoms with E-state index in [1.54, 1.807) is 13.0 Å². The Balaban J connectivity index is 2.23. The molecule has 0 aliphatic carbocycles. The molecule has 1 aromatic heterocycles. The highest BCUT2D eigenvalue weighted by atomic mass is 32.2. The third-order valence-electron chi connectivity index (χ3n) is 3.92. The molecule has 3 rings (SSSR count). The van der Waals surface area contributed by atoms with E-state index in [4.69, 9.17) is 4.74 Å². The summed E-state index contributed by atoms with van der Waals surface area (Å²) >= 11 is 1.05. The van der Waals surface area contributed by atoms with Gasteiger partial charge in [0, 0.05) is 16.5 Å². The number of fused-ring (bicyclic) bond motifs is 1. The molecule has 0 spiro atoms. The number of nitro groups is 1. The van der Waals surface area contributed by atoms with Gasteiger partial charge in [-0.05, 0) is 36.8 Å². The maximum absolute atomic E-state index is 13.0. The molecular weight excluding hydrogens is 381 g/mol.